The first-order valence-corrected chi connectivity index (χ1v) is 8.50. The van der Waals surface area contributed by atoms with Crippen LogP contribution in [-0.2, 0) is 0 Å². The fourth-order valence-corrected chi connectivity index (χ4v) is 3.26. The van der Waals surface area contributed by atoms with Gasteiger partial charge in [0.25, 0.3) is 0 Å². The van der Waals surface area contributed by atoms with Crippen molar-refractivity contribution in [3.63, 3.8) is 0 Å². The number of nitrogens with one attached hydrogen (secondary N) is 1. The summed E-state index contributed by atoms with van der Waals surface area (Å²) >= 11 is 1.88. The molecule has 1 aliphatic rings. The molecule has 0 bridgehead atoms. The number of aliphatic imine (C=N–C) groups is 1. The van der Waals surface area contributed by atoms with Gasteiger partial charge in [0, 0.05) is 17.8 Å². The van der Waals surface area contributed by atoms with Crippen LogP contribution in [0.15, 0.2) is 4.99 Å². The van der Waals surface area contributed by atoms with Crippen molar-refractivity contribution in [1.82, 2.24) is 5.32 Å². The molecule has 18 heavy (non-hydrogen) atoms. The van der Waals surface area contributed by atoms with E-state index >= 15 is 0 Å². The molecule has 0 aliphatic carbocycles. The van der Waals surface area contributed by atoms with Crippen LogP contribution >= 0.6 is 11.8 Å². The number of rotatable bonds is 8. The molecule has 1 saturated heterocycles. The van der Waals surface area contributed by atoms with Crippen LogP contribution in [0.5, 0.6) is 0 Å². The number of thioether (sulfide) groups is 1. The van der Waals surface area contributed by atoms with Crippen molar-refractivity contribution >= 4 is 16.9 Å². The fraction of sp³-hybridized carbons (Fsp3) is 0.933. The van der Waals surface area contributed by atoms with Gasteiger partial charge in [0.15, 0.2) is 5.17 Å². The van der Waals surface area contributed by atoms with E-state index in [1.165, 1.54) is 43.7 Å². The van der Waals surface area contributed by atoms with Gasteiger partial charge in [-0.1, -0.05) is 58.2 Å². The lowest BCUT2D eigenvalue weighted by Gasteiger charge is -2.20. The van der Waals surface area contributed by atoms with E-state index in [0.29, 0.717) is 0 Å². The van der Waals surface area contributed by atoms with Crippen molar-refractivity contribution in [1.29, 1.82) is 0 Å². The van der Waals surface area contributed by atoms with Gasteiger partial charge in [0.05, 0.1) is 0 Å². The van der Waals surface area contributed by atoms with Gasteiger partial charge in [0.2, 0.25) is 0 Å². The minimum Gasteiger partial charge on any atom is -0.359 e. The standard InChI is InChI=1S/C15H30N2S/c1-5-15(4)12-18-14(17-15)16-11-9-7-6-8-10-13(2)3/h13H,5-12H2,1-4H3,(H,16,17). The molecule has 1 atom stereocenters. The average Bonchev–Trinajstić information content (AvgIpc) is 2.70. The summed E-state index contributed by atoms with van der Waals surface area (Å²) in [4.78, 5) is 4.67. The molecule has 1 fully saturated rings. The SMILES string of the molecule is CCC1(C)CSC(=NCCCCCCC(C)C)N1. The molecule has 3 heteroatoms. The maximum Gasteiger partial charge on any atom is 0.157 e. The van der Waals surface area contributed by atoms with Crippen LogP contribution in [0.25, 0.3) is 0 Å². The van der Waals surface area contributed by atoms with Crippen molar-refractivity contribution in [2.24, 2.45) is 10.9 Å². The largest absolute Gasteiger partial charge is 0.359 e. The fourth-order valence-electron chi connectivity index (χ4n) is 2.03. The minimum atomic E-state index is 0.279. The first-order chi connectivity index (χ1) is 8.56. The van der Waals surface area contributed by atoms with Crippen molar-refractivity contribution in [2.75, 3.05) is 12.3 Å². The summed E-state index contributed by atoms with van der Waals surface area (Å²) < 4.78 is 0. The number of hydrogen-bond donors (Lipinski definition) is 1. The maximum atomic E-state index is 4.67. The third-order valence-electron chi connectivity index (χ3n) is 3.66. The number of nitrogens with zero attached hydrogens (tertiary/aromatic N) is 1. The molecule has 0 spiro atoms. The predicted octanol–water partition coefficient (Wildman–Crippen LogP) is 4.45. The van der Waals surface area contributed by atoms with E-state index in [1.807, 2.05) is 11.8 Å². The molecule has 2 nitrogen and oxygen atoms in total. The lowest BCUT2D eigenvalue weighted by molar-refractivity contribution is 0.466. The van der Waals surface area contributed by atoms with Crippen LogP contribution < -0.4 is 5.32 Å². The van der Waals surface area contributed by atoms with Crippen LogP contribution in [0, 0.1) is 5.92 Å². The monoisotopic (exact) mass is 270 g/mol. The lowest BCUT2D eigenvalue weighted by Crippen LogP contribution is -2.39. The zero-order valence-electron chi connectivity index (χ0n) is 12.6. The molecule has 1 rings (SSSR count). The van der Waals surface area contributed by atoms with Gasteiger partial charge in [0.1, 0.15) is 0 Å². The van der Waals surface area contributed by atoms with Crippen LogP contribution in [0.4, 0.5) is 0 Å². The molecular weight excluding hydrogens is 240 g/mol. The van der Waals surface area contributed by atoms with Gasteiger partial charge >= 0.3 is 0 Å². The lowest BCUT2D eigenvalue weighted by atomic mass is 10.0. The van der Waals surface area contributed by atoms with Crippen LogP contribution in [-0.4, -0.2) is 23.0 Å². The summed E-state index contributed by atoms with van der Waals surface area (Å²) in [5.74, 6) is 2.02. The minimum absolute atomic E-state index is 0.279. The summed E-state index contributed by atoms with van der Waals surface area (Å²) in [5.41, 5.74) is 0.279. The van der Waals surface area contributed by atoms with Crippen LogP contribution in [0.2, 0.25) is 0 Å². The predicted molar refractivity (Wildman–Crippen MR) is 84.5 cm³/mol. The summed E-state index contributed by atoms with van der Waals surface area (Å²) in [6.07, 6.45) is 7.88. The van der Waals surface area contributed by atoms with Gasteiger partial charge in [-0.25, -0.2) is 0 Å². The molecule has 1 heterocycles. The summed E-state index contributed by atoms with van der Waals surface area (Å²) in [6.45, 7) is 10.1. The van der Waals surface area contributed by atoms with E-state index in [9.17, 15) is 0 Å². The molecule has 0 radical (unpaired) electrons. The van der Waals surface area contributed by atoms with Crippen molar-refractivity contribution in [2.45, 2.75) is 71.8 Å². The molecule has 0 aromatic heterocycles. The Bertz CT molecular complexity index is 263. The highest BCUT2D eigenvalue weighted by Gasteiger charge is 2.30. The number of unbranched alkanes of at least 4 members (excludes halogenated alkanes) is 3. The highest BCUT2D eigenvalue weighted by Crippen LogP contribution is 2.25. The molecule has 0 amide bonds. The van der Waals surface area contributed by atoms with Gasteiger partial charge < -0.3 is 5.32 Å². The first kappa shape index (κ1) is 15.9. The number of amidine groups is 1. The number of hydrogen-bond acceptors (Lipinski definition) is 2. The second-order valence-electron chi connectivity index (χ2n) is 6.11. The molecular formula is C15H30N2S. The highest BCUT2D eigenvalue weighted by atomic mass is 32.2. The van der Waals surface area contributed by atoms with Gasteiger partial charge in [-0.05, 0) is 25.7 Å². The van der Waals surface area contributed by atoms with E-state index in [4.69, 9.17) is 0 Å². The Labute approximate surface area is 117 Å². The third-order valence-corrected chi connectivity index (χ3v) is 4.95. The molecule has 0 aromatic rings. The second kappa shape index (κ2) is 8.08. The molecule has 0 saturated carbocycles. The highest BCUT2D eigenvalue weighted by molar-refractivity contribution is 8.14. The second-order valence-corrected chi connectivity index (χ2v) is 7.08. The van der Waals surface area contributed by atoms with E-state index in [2.05, 4.69) is 38.0 Å². The average molecular weight is 270 g/mol. The Kier molecular flexibility index (Phi) is 7.13. The quantitative estimate of drug-likeness (QED) is 0.659. The zero-order valence-corrected chi connectivity index (χ0v) is 13.4. The van der Waals surface area contributed by atoms with Crippen LogP contribution in [0.1, 0.15) is 66.2 Å². The van der Waals surface area contributed by atoms with E-state index in [1.54, 1.807) is 0 Å². The maximum absolute atomic E-state index is 4.67. The molecule has 0 aromatic carbocycles. The normalized spacial score (nSPS) is 25.9. The van der Waals surface area contributed by atoms with E-state index < -0.39 is 0 Å². The molecule has 1 N–H and O–H groups in total. The zero-order chi connectivity index (χ0) is 13.4. The van der Waals surface area contributed by atoms with Crippen molar-refractivity contribution < 1.29 is 0 Å². The van der Waals surface area contributed by atoms with E-state index in [0.717, 1.165) is 18.2 Å². The summed E-state index contributed by atoms with van der Waals surface area (Å²) in [7, 11) is 0. The van der Waals surface area contributed by atoms with Crippen molar-refractivity contribution in [3.8, 4) is 0 Å². The molecule has 1 aliphatic heterocycles. The van der Waals surface area contributed by atoms with Crippen molar-refractivity contribution in [3.05, 3.63) is 0 Å². The Balaban J connectivity index is 2.04. The molecule has 1 unspecified atom stereocenters. The topological polar surface area (TPSA) is 24.4 Å². The Morgan fingerprint density at radius 1 is 1.28 bits per heavy atom. The third kappa shape index (κ3) is 6.12. The van der Waals surface area contributed by atoms with Gasteiger partial charge in [-0.3, -0.25) is 4.99 Å². The summed E-state index contributed by atoms with van der Waals surface area (Å²) in [6, 6.07) is 0. The Morgan fingerprint density at radius 3 is 2.61 bits per heavy atom. The Hall–Kier alpha value is -0.180. The summed E-state index contributed by atoms with van der Waals surface area (Å²) in [5, 5.41) is 4.72. The molecule has 106 valence electrons. The first-order valence-electron chi connectivity index (χ1n) is 7.51. The Morgan fingerprint density at radius 2 is 2.00 bits per heavy atom. The smallest absolute Gasteiger partial charge is 0.157 e. The van der Waals surface area contributed by atoms with E-state index in [-0.39, 0.29) is 5.54 Å². The van der Waals surface area contributed by atoms with Crippen LogP contribution in [0.3, 0.4) is 0 Å². The van der Waals surface area contributed by atoms with Gasteiger partial charge in [-0.2, -0.15) is 0 Å². The van der Waals surface area contributed by atoms with Gasteiger partial charge in [-0.15, -0.1) is 0 Å².